The number of aromatic nitrogens is 3. The van der Waals surface area contributed by atoms with Crippen LogP contribution in [-0.4, -0.2) is 40.8 Å². The molecule has 0 aliphatic heterocycles. The molecule has 1 aromatic carbocycles. The number of carbonyl (C=O) groups excluding carboxylic acids is 1. The van der Waals surface area contributed by atoms with Gasteiger partial charge >= 0.3 is 0 Å². The molecule has 3 rings (SSSR count). The van der Waals surface area contributed by atoms with Crippen LogP contribution < -0.4 is 10.6 Å². The molecule has 2 heterocycles. The molecule has 0 atom stereocenters. The second-order valence-electron chi connectivity index (χ2n) is 4.93. The molecule has 0 aliphatic rings. The van der Waals surface area contributed by atoms with Gasteiger partial charge in [0.25, 0.3) is 0 Å². The van der Waals surface area contributed by atoms with Gasteiger partial charge in [0.2, 0.25) is 16.0 Å². The Hall–Kier alpha value is -2.45. The predicted octanol–water partition coefficient (Wildman–Crippen LogP) is 2.47. The first-order valence-electron chi connectivity index (χ1n) is 7.13. The number of anilines is 2. The maximum Gasteiger partial charge on any atom is 0.221 e. The zero-order valence-electron chi connectivity index (χ0n) is 12.9. The molecule has 23 heavy (non-hydrogen) atoms. The van der Waals surface area contributed by atoms with Gasteiger partial charge in [-0.3, -0.25) is 4.79 Å². The van der Waals surface area contributed by atoms with Crippen molar-refractivity contribution in [1.29, 1.82) is 0 Å². The van der Waals surface area contributed by atoms with E-state index in [0.29, 0.717) is 13.2 Å². The summed E-state index contributed by atoms with van der Waals surface area (Å²) in [5, 5.41) is 11.3. The van der Waals surface area contributed by atoms with Gasteiger partial charge in [0.1, 0.15) is 0 Å². The van der Waals surface area contributed by atoms with Gasteiger partial charge in [0, 0.05) is 31.8 Å². The Labute approximate surface area is 137 Å². The van der Waals surface area contributed by atoms with Gasteiger partial charge in [-0.25, -0.2) is 9.50 Å². The highest BCUT2D eigenvalue weighted by Gasteiger charge is 2.12. The zero-order valence-corrected chi connectivity index (χ0v) is 13.7. The first kappa shape index (κ1) is 15.4. The van der Waals surface area contributed by atoms with Crippen molar-refractivity contribution in [2.75, 3.05) is 30.9 Å². The molecule has 0 fully saturated rings. The molecule has 3 aromatic rings. The van der Waals surface area contributed by atoms with Crippen LogP contribution in [0.5, 0.6) is 0 Å². The molecular weight excluding hydrogens is 314 g/mol. The summed E-state index contributed by atoms with van der Waals surface area (Å²) in [6, 6.07) is 7.61. The minimum atomic E-state index is -0.0983. The third kappa shape index (κ3) is 3.49. The van der Waals surface area contributed by atoms with Crippen LogP contribution in [-0.2, 0) is 9.53 Å². The fourth-order valence-corrected chi connectivity index (χ4v) is 2.98. The average Bonchev–Trinajstić information content (AvgIpc) is 3.07. The number of carbonyl (C=O) groups is 1. The van der Waals surface area contributed by atoms with E-state index in [1.807, 2.05) is 24.3 Å². The summed E-state index contributed by atoms with van der Waals surface area (Å²) >= 11 is 1.48. The van der Waals surface area contributed by atoms with Crippen LogP contribution in [0, 0.1) is 0 Å². The van der Waals surface area contributed by atoms with E-state index < -0.39 is 0 Å². The van der Waals surface area contributed by atoms with E-state index in [0.717, 1.165) is 27.0 Å². The van der Waals surface area contributed by atoms with E-state index in [1.54, 1.807) is 17.8 Å². The molecule has 0 saturated carbocycles. The second kappa shape index (κ2) is 6.76. The van der Waals surface area contributed by atoms with E-state index in [2.05, 4.69) is 20.7 Å². The summed E-state index contributed by atoms with van der Waals surface area (Å²) in [7, 11) is 1.66. The number of hydrogen-bond acceptors (Lipinski definition) is 6. The minimum absolute atomic E-state index is 0.0983. The molecule has 0 bridgehead atoms. The summed E-state index contributed by atoms with van der Waals surface area (Å²) in [5.74, 6) is -0.0983. The number of imidazole rings is 1. The highest BCUT2D eigenvalue weighted by Crippen LogP contribution is 2.27. The number of nitrogens with zero attached hydrogens (tertiary/aromatic N) is 3. The largest absolute Gasteiger partial charge is 0.383 e. The van der Waals surface area contributed by atoms with Gasteiger partial charge in [-0.05, 0) is 12.1 Å². The van der Waals surface area contributed by atoms with Crippen molar-refractivity contribution >= 4 is 33.0 Å². The molecule has 0 aliphatic carbocycles. The first-order chi connectivity index (χ1) is 11.2. The van der Waals surface area contributed by atoms with Crippen LogP contribution >= 0.6 is 11.3 Å². The number of amides is 1. The number of nitrogens with one attached hydrogen (secondary N) is 2. The molecule has 0 saturated heterocycles. The van der Waals surface area contributed by atoms with E-state index in [4.69, 9.17) is 4.74 Å². The van der Waals surface area contributed by atoms with E-state index in [-0.39, 0.29) is 5.91 Å². The Balaban J connectivity index is 1.89. The fraction of sp³-hybridized carbons (Fsp3) is 0.267. The molecule has 1 amide bonds. The maximum atomic E-state index is 11.2. The average molecular weight is 331 g/mol. The van der Waals surface area contributed by atoms with E-state index in [1.165, 1.54) is 18.3 Å². The van der Waals surface area contributed by atoms with Gasteiger partial charge in [-0.15, -0.1) is 5.10 Å². The van der Waals surface area contributed by atoms with Crippen LogP contribution in [0.25, 0.3) is 16.2 Å². The summed E-state index contributed by atoms with van der Waals surface area (Å²) in [6.07, 6.45) is 1.78. The SMILES string of the molecule is COCCNc1nn2c(-c3cccc(NC(C)=O)c3)cnc2s1. The molecule has 0 unspecified atom stereocenters. The van der Waals surface area contributed by atoms with Crippen LogP contribution in [0.3, 0.4) is 0 Å². The van der Waals surface area contributed by atoms with Crippen molar-refractivity contribution < 1.29 is 9.53 Å². The molecule has 7 nitrogen and oxygen atoms in total. The molecule has 120 valence electrons. The minimum Gasteiger partial charge on any atom is -0.383 e. The first-order valence-corrected chi connectivity index (χ1v) is 7.94. The number of ether oxygens (including phenoxy) is 1. The predicted molar refractivity (Wildman–Crippen MR) is 91.0 cm³/mol. The van der Waals surface area contributed by atoms with Crippen molar-refractivity contribution in [1.82, 2.24) is 14.6 Å². The second-order valence-corrected chi connectivity index (χ2v) is 5.88. The Morgan fingerprint density at radius 3 is 3.09 bits per heavy atom. The van der Waals surface area contributed by atoms with Crippen molar-refractivity contribution in [2.45, 2.75) is 6.92 Å². The van der Waals surface area contributed by atoms with Gasteiger partial charge in [-0.1, -0.05) is 23.5 Å². The molecule has 2 N–H and O–H groups in total. The summed E-state index contributed by atoms with van der Waals surface area (Å²) in [4.78, 5) is 16.4. The summed E-state index contributed by atoms with van der Waals surface area (Å²) in [5.41, 5.74) is 2.57. The lowest BCUT2D eigenvalue weighted by Gasteiger charge is -2.04. The molecule has 2 aromatic heterocycles. The molecule has 0 radical (unpaired) electrons. The monoisotopic (exact) mass is 331 g/mol. The lowest BCUT2D eigenvalue weighted by Crippen LogP contribution is -2.07. The van der Waals surface area contributed by atoms with Crippen molar-refractivity contribution in [3.8, 4) is 11.3 Å². The number of hydrogen-bond donors (Lipinski definition) is 2. The van der Waals surface area contributed by atoms with Crippen LogP contribution in [0.4, 0.5) is 10.8 Å². The number of fused-ring (bicyclic) bond motifs is 1. The highest BCUT2D eigenvalue weighted by molar-refractivity contribution is 7.20. The zero-order chi connectivity index (χ0) is 16.2. The van der Waals surface area contributed by atoms with Crippen LogP contribution in [0.1, 0.15) is 6.92 Å². The maximum absolute atomic E-state index is 11.2. The Bertz CT molecular complexity index is 826. The lowest BCUT2D eigenvalue weighted by atomic mass is 10.1. The van der Waals surface area contributed by atoms with E-state index >= 15 is 0 Å². The Morgan fingerprint density at radius 2 is 2.30 bits per heavy atom. The van der Waals surface area contributed by atoms with Crippen molar-refractivity contribution in [3.63, 3.8) is 0 Å². The lowest BCUT2D eigenvalue weighted by molar-refractivity contribution is -0.114. The smallest absolute Gasteiger partial charge is 0.221 e. The van der Waals surface area contributed by atoms with Gasteiger partial charge < -0.3 is 15.4 Å². The third-order valence-electron chi connectivity index (χ3n) is 3.15. The number of methoxy groups -OCH3 is 1. The summed E-state index contributed by atoms with van der Waals surface area (Å²) < 4.78 is 6.81. The van der Waals surface area contributed by atoms with Crippen LogP contribution in [0.2, 0.25) is 0 Å². The standard InChI is InChI=1S/C15H17N5O2S/c1-10(21)18-12-5-3-4-11(8-12)13-9-17-15-20(13)19-14(23-15)16-6-7-22-2/h3-5,8-9H,6-7H2,1-2H3,(H,16,19)(H,18,21). The normalized spacial score (nSPS) is 10.9. The fourth-order valence-electron chi connectivity index (χ4n) is 2.18. The topological polar surface area (TPSA) is 80.5 Å². The van der Waals surface area contributed by atoms with Gasteiger partial charge in [0.15, 0.2) is 0 Å². The number of rotatable bonds is 6. The third-order valence-corrected chi connectivity index (χ3v) is 4.03. The van der Waals surface area contributed by atoms with Crippen molar-refractivity contribution in [2.24, 2.45) is 0 Å². The molecule has 0 spiro atoms. The number of benzene rings is 1. The molecule has 8 heteroatoms. The van der Waals surface area contributed by atoms with E-state index in [9.17, 15) is 4.79 Å². The van der Waals surface area contributed by atoms with Crippen LogP contribution in [0.15, 0.2) is 30.5 Å². The Morgan fingerprint density at radius 1 is 1.43 bits per heavy atom. The Kier molecular flexibility index (Phi) is 4.54. The van der Waals surface area contributed by atoms with Gasteiger partial charge in [0.05, 0.1) is 18.5 Å². The summed E-state index contributed by atoms with van der Waals surface area (Å²) in [6.45, 7) is 2.80. The van der Waals surface area contributed by atoms with Crippen molar-refractivity contribution in [3.05, 3.63) is 30.5 Å². The van der Waals surface area contributed by atoms with Gasteiger partial charge in [-0.2, -0.15) is 0 Å². The molecular formula is C15H17N5O2S. The highest BCUT2D eigenvalue weighted by atomic mass is 32.1. The quantitative estimate of drug-likeness (QED) is 0.678.